The summed E-state index contributed by atoms with van der Waals surface area (Å²) < 4.78 is 7.12. The zero-order valence-electron chi connectivity index (χ0n) is 8.98. The summed E-state index contributed by atoms with van der Waals surface area (Å²) in [7, 11) is 1.90. The van der Waals surface area contributed by atoms with Gasteiger partial charge in [0.15, 0.2) is 0 Å². The molecule has 1 fully saturated rings. The topological polar surface area (TPSA) is 44.1 Å². The van der Waals surface area contributed by atoms with Crippen molar-refractivity contribution < 1.29 is 9.53 Å². The van der Waals surface area contributed by atoms with E-state index in [-0.39, 0.29) is 0 Å². The average Bonchev–Trinajstić information content (AvgIpc) is 2.62. The highest BCUT2D eigenvalue weighted by Crippen LogP contribution is 2.28. The second kappa shape index (κ2) is 4.57. The Kier molecular flexibility index (Phi) is 3.16. The largest absolute Gasteiger partial charge is 0.381 e. The molecule has 2 rings (SSSR count). The third-order valence-corrected chi connectivity index (χ3v) is 2.85. The monoisotopic (exact) mass is 208 g/mol. The molecular weight excluding hydrogens is 192 g/mol. The Labute approximate surface area is 89.2 Å². The van der Waals surface area contributed by atoms with Crippen LogP contribution in [0.4, 0.5) is 0 Å². The summed E-state index contributed by atoms with van der Waals surface area (Å²) in [6, 6.07) is 0. The summed E-state index contributed by atoms with van der Waals surface area (Å²) in [4.78, 5) is 10.6. The third kappa shape index (κ3) is 2.26. The second-order valence-electron chi connectivity index (χ2n) is 3.97. The van der Waals surface area contributed by atoms with E-state index in [0.717, 1.165) is 43.6 Å². The molecule has 15 heavy (non-hydrogen) atoms. The molecule has 2 heterocycles. The lowest BCUT2D eigenvalue weighted by Gasteiger charge is -2.21. The lowest BCUT2D eigenvalue weighted by Crippen LogP contribution is -2.15. The number of carbonyl (C=O) groups excluding carboxylic acids is 1. The molecular formula is C11H16N2O2. The van der Waals surface area contributed by atoms with E-state index in [9.17, 15) is 4.79 Å². The van der Waals surface area contributed by atoms with Crippen molar-refractivity contribution in [1.29, 1.82) is 0 Å². The second-order valence-corrected chi connectivity index (χ2v) is 3.97. The fourth-order valence-electron chi connectivity index (χ4n) is 2.12. The zero-order chi connectivity index (χ0) is 10.7. The molecule has 0 amide bonds. The van der Waals surface area contributed by atoms with Gasteiger partial charge in [0.1, 0.15) is 6.29 Å². The van der Waals surface area contributed by atoms with Crippen LogP contribution in [0.2, 0.25) is 0 Å². The Hall–Kier alpha value is -1.16. The van der Waals surface area contributed by atoms with Gasteiger partial charge in [-0.15, -0.1) is 0 Å². The summed E-state index contributed by atoms with van der Waals surface area (Å²) in [6.45, 7) is 1.61. The number of ether oxygens (including phenoxy) is 1. The highest BCUT2D eigenvalue weighted by molar-refractivity contribution is 5.55. The smallest absolute Gasteiger partial charge is 0.124 e. The van der Waals surface area contributed by atoms with Gasteiger partial charge in [0.25, 0.3) is 0 Å². The molecule has 1 aliphatic rings. The normalized spacial score (nSPS) is 17.9. The lowest BCUT2D eigenvalue weighted by molar-refractivity contribution is -0.107. The van der Waals surface area contributed by atoms with Crippen molar-refractivity contribution >= 4 is 6.29 Å². The summed E-state index contributed by atoms with van der Waals surface area (Å²) in [5.41, 5.74) is 2.16. The van der Waals surface area contributed by atoms with E-state index in [0.29, 0.717) is 12.3 Å². The van der Waals surface area contributed by atoms with E-state index >= 15 is 0 Å². The van der Waals surface area contributed by atoms with Crippen molar-refractivity contribution in [3.8, 4) is 0 Å². The molecule has 0 aliphatic carbocycles. The van der Waals surface area contributed by atoms with Gasteiger partial charge in [0.2, 0.25) is 0 Å². The molecule has 4 heteroatoms. The summed E-state index contributed by atoms with van der Waals surface area (Å²) >= 11 is 0. The minimum absolute atomic E-state index is 0.467. The van der Waals surface area contributed by atoms with Crippen molar-refractivity contribution in [3.63, 3.8) is 0 Å². The number of nitrogens with zero attached hydrogens (tertiary/aromatic N) is 2. The zero-order valence-corrected chi connectivity index (χ0v) is 8.98. The molecule has 4 nitrogen and oxygen atoms in total. The van der Waals surface area contributed by atoms with Crippen LogP contribution in [0.25, 0.3) is 0 Å². The predicted molar refractivity (Wildman–Crippen MR) is 55.8 cm³/mol. The molecule has 1 aliphatic heterocycles. The van der Waals surface area contributed by atoms with E-state index in [1.165, 1.54) is 0 Å². The Morgan fingerprint density at radius 3 is 3.00 bits per heavy atom. The first kappa shape index (κ1) is 10.4. The van der Waals surface area contributed by atoms with Crippen molar-refractivity contribution in [3.05, 3.63) is 17.5 Å². The van der Waals surface area contributed by atoms with Crippen molar-refractivity contribution in [2.45, 2.75) is 25.2 Å². The van der Waals surface area contributed by atoms with Crippen LogP contribution >= 0.6 is 0 Å². The SMILES string of the molecule is Cn1cc(CC=O)c(C2CCOCC2)n1. The maximum atomic E-state index is 10.6. The Morgan fingerprint density at radius 2 is 2.33 bits per heavy atom. The molecule has 0 saturated carbocycles. The number of aromatic nitrogens is 2. The maximum absolute atomic E-state index is 10.6. The summed E-state index contributed by atoms with van der Waals surface area (Å²) in [5, 5.41) is 4.46. The van der Waals surface area contributed by atoms with E-state index < -0.39 is 0 Å². The van der Waals surface area contributed by atoms with Crippen LogP contribution in [-0.4, -0.2) is 29.3 Å². The Morgan fingerprint density at radius 1 is 1.60 bits per heavy atom. The number of aryl methyl sites for hydroxylation is 1. The van der Waals surface area contributed by atoms with Crippen LogP contribution in [0, 0.1) is 0 Å². The predicted octanol–water partition coefficient (Wildman–Crippen LogP) is 1.06. The van der Waals surface area contributed by atoms with E-state index in [4.69, 9.17) is 4.74 Å². The number of rotatable bonds is 3. The van der Waals surface area contributed by atoms with Gasteiger partial charge in [-0.3, -0.25) is 4.68 Å². The standard InChI is InChI=1S/C11H16N2O2/c1-13-8-10(2-5-14)11(12-13)9-3-6-15-7-4-9/h5,8-9H,2-4,6-7H2,1H3. The quantitative estimate of drug-likeness (QED) is 0.697. The van der Waals surface area contributed by atoms with Gasteiger partial charge in [-0.2, -0.15) is 5.10 Å². The molecule has 82 valence electrons. The fraction of sp³-hybridized carbons (Fsp3) is 0.636. The van der Waals surface area contributed by atoms with Gasteiger partial charge in [0, 0.05) is 44.4 Å². The van der Waals surface area contributed by atoms with Crippen LogP contribution in [0.15, 0.2) is 6.20 Å². The number of hydrogen-bond donors (Lipinski definition) is 0. The number of hydrogen-bond acceptors (Lipinski definition) is 3. The molecule has 1 aromatic heterocycles. The molecule has 0 spiro atoms. The molecule has 0 N–H and O–H groups in total. The summed E-state index contributed by atoms with van der Waals surface area (Å²) in [6.07, 6.45) is 5.39. The van der Waals surface area contributed by atoms with Crippen LogP contribution in [-0.2, 0) is 23.0 Å². The first-order chi connectivity index (χ1) is 7.31. The molecule has 0 unspecified atom stereocenters. The average molecular weight is 208 g/mol. The van der Waals surface area contributed by atoms with Crippen LogP contribution in [0.5, 0.6) is 0 Å². The molecule has 0 bridgehead atoms. The van der Waals surface area contributed by atoms with Gasteiger partial charge in [-0.1, -0.05) is 0 Å². The first-order valence-electron chi connectivity index (χ1n) is 5.35. The fourth-order valence-corrected chi connectivity index (χ4v) is 2.12. The minimum Gasteiger partial charge on any atom is -0.381 e. The minimum atomic E-state index is 0.467. The van der Waals surface area contributed by atoms with E-state index in [2.05, 4.69) is 5.10 Å². The van der Waals surface area contributed by atoms with Gasteiger partial charge in [-0.25, -0.2) is 0 Å². The van der Waals surface area contributed by atoms with Gasteiger partial charge >= 0.3 is 0 Å². The highest BCUT2D eigenvalue weighted by Gasteiger charge is 2.21. The highest BCUT2D eigenvalue weighted by atomic mass is 16.5. The van der Waals surface area contributed by atoms with Crippen molar-refractivity contribution in [2.75, 3.05) is 13.2 Å². The van der Waals surface area contributed by atoms with Crippen LogP contribution in [0.3, 0.4) is 0 Å². The van der Waals surface area contributed by atoms with Gasteiger partial charge < -0.3 is 9.53 Å². The first-order valence-corrected chi connectivity index (χ1v) is 5.35. The Balaban J connectivity index is 2.20. The summed E-state index contributed by atoms with van der Waals surface area (Å²) in [5.74, 6) is 0.467. The Bertz CT molecular complexity index is 340. The van der Waals surface area contributed by atoms with Gasteiger partial charge in [0.05, 0.1) is 5.69 Å². The number of carbonyl (C=O) groups is 1. The van der Waals surface area contributed by atoms with Crippen LogP contribution < -0.4 is 0 Å². The number of aldehydes is 1. The molecule has 0 aromatic carbocycles. The molecule has 0 atom stereocenters. The van der Waals surface area contributed by atoms with Crippen LogP contribution in [0.1, 0.15) is 30.0 Å². The van der Waals surface area contributed by atoms with Crippen molar-refractivity contribution in [2.24, 2.45) is 7.05 Å². The maximum Gasteiger partial charge on any atom is 0.124 e. The van der Waals surface area contributed by atoms with Gasteiger partial charge in [-0.05, 0) is 12.8 Å². The molecule has 1 saturated heterocycles. The molecule has 1 aromatic rings. The van der Waals surface area contributed by atoms with Crippen molar-refractivity contribution in [1.82, 2.24) is 9.78 Å². The molecule has 0 radical (unpaired) electrons. The van der Waals surface area contributed by atoms with E-state index in [1.807, 2.05) is 13.2 Å². The lowest BCUT2D eigenvalue weighted by atomic mass is 9.93. The van der Waals surface area contributed by atoms with E-state index in [1.54, 1.807) is 4.68 Å². The third-order valence-electron chi connectivity index (χ3n) is 2.85.